The van der Waals surface area contributed by atoms with E-state index in [1.54, 1.807) is 0 Å². The van der Waals surface area contributed by atoms with E-state index in [1.165, 1.54) is 0 Å². The average molecular weight is 172 g/mol. The molecule has 70 valence electrons. The molecule has 1 saturated carbocycles. The number of esters is 1. The van der Waals surface area contributed by atoms with Crippen molar-refractivity contribution in [3.8, 4) is 0 Å². The predicted molar refractivity (Wildman–Crippen MR) is 44.7 cm³/mol. The molecule has 0 aromatic heterocycles. The van der Waals surface area contributed by atoms with Gasteiger partial charge in [-0.25, -0.2) is 0 Å². The Morgan fingerprint density at radius 3 is 2.50 bits per heavy atom. The van der Waals surface area contributed by atoms with Crippen LogP contribution in [0.2, 0.25) is 0 Å². The molecule has 0 bridgehead atoms. The van der Waals surface area contributed by atoms with Crippen LogP contribution < -0.4 is 0 Å². The zero-order valence-electron chi connectivity index (χ0n) is 7.87. The summed E-state index contributed by atoms with van der Waals surface area (Å²) in [6.45, 7) is 6.90. The van der Waals surface area contributed by atoms with E-state index in [2.05, 4.69) is 0 Å². The summed E-state index contributed by atoms with van der Waals surface area (Å²) in [6, 6.07) is 0. The molecule has 3 unspecified atom stereocenters. The normalized spacial score (nSPS) is 33.1. The van der Waals surface area contributed by atoms with E-state index >= 15 is 0 Å². The van der Waals surface area contributed by atoms with Crippen LogP contribution in [-0.4, -0.2) is 25.3 Å². The third-order valence-electron chi connectivity index (χ3n) is 2.22. The summed E-state index contributed by atoms with van der Waals surface area (Å²) in [7, 11) is 0. The zero-order valence-corrected chi connectivity index (χ0v) is 7.87. The second-order valence-corrected chi connectivity index (χ2v) is 3.06. The molecular weight excluding hydrogens is 156 g/mol. The fourth-order valence-corrected chi connectivity index (χ4v) is 1.46. The quantitative estimate of drug-likeness (QED) is 0.598. The van der Waals surface area contributed by atoms with E-state index in [4.69, 9.17) is 9.47 Å². The summed E-state index contributed by atoms with van der Waals surface area (Å²) in [5.74, 6) is 0.220. The molecule has 3 atom stereocenters. The number of carbonyl (C=O) groups is 1. The van der Waals surface area contributed by atoms with Crippen LogP contribution in [0, 0.1) is 11.8 Å². The number of hydrogen-bond donors (Lipinski definition) is 0. The van der Waals surface area contributed by atoms with Gasteiger partial charge in [0.1, 0.15) is 0 Å². The van der Waals surface area contributed by atoms with Gasteiger partial charge in [0, 0.05) is 6.61 Å². The lowest BCUT2D eigenvalue weighted by atomic mass is 10.3. The summed E-state index contributed by atoms with van der Waals surface area (Å²) >= 11 is 0. The smallest absolute Gasteiger partial charge is 0.311 e. The van der Waals surface area contributed by atoms with Gasteiger partial charge in [-0.05, 0) is 19.8 Å². The number of carbonyl (C=O) groups excluding carboxylic acids is 1. The molecule has 0 radical (unpaired) electrons. The van der Waals surface area contributed by atoms with E-state index in [0.717, 1.165) is 0 Å². The van der Waals surface area contributed by atoms with Crippen molar-refractivity contribution in [2.24, 2.45) is 11.8 Å². The second kappa shape index (κ2) is 3.90. The van der Waals surface area contributed by atoms with Gasteiger partial charge in [-0.1, -0.05) is 6.92 Å². The van der Waals surface area contributed by atoms with Gasteiger partial charge in [0.05, 0.1) is 18.6 Å². The Morgan fingerprint density at radius 2 is 2.00 bits per heavy atom. The Morgan fingerprint density at radius 1 is 1.33 bits per heavy atom. The van der Waals surface area contributed by atoms with Crippen LogP contribution in [0.4, 0.5) is 0 Å². The lowest BCUT2D eigenvalue weighted by Crippen LogP contribution is -2.10. The molecule has 0 amide bonds. The molecule has 1 aliphatic carbocycles. The zero-order chi connectivity index (χ0) is 9.14. The van der Waals surface area contributed by atoms with Crippen molar-refractivity contribution in [3.63, 3.8) is 0 Å². The predicted octanol–water partition coefficient (Wildman–Crippen LogP) is 1.22. The Hall–Kier alpha value is -0.570. The summed E-state index contributed by atoms with van der Waals surface area (Å²) in [5.41, 5.74) is 0. The van der Waals surface area contributed by atoms with Crippen LogP contribution in [0.1, 0.15) is 20.8 Å². The number of hydrogen-bond acceptors (Lipinski definition) is 3. The first-order chi connectivity index (χ1) is 5.72. The van der Waals surface area contributed by atoms with Crippen LogP contribution in [0.25, 0.3) is 0 Å². The highest BCUT2D eigenvalue weighted by atomic mass is 16.5. The molecule has 3 heteroatoms. The monoisotopic (exact) mass is 172 g/mol. The maximum atomic E-state index is 11.2. The van der Waals surface area contributed by atoms with Gasteiger partial charge in [0.15, 0.2) is 0 Å². The molecule has 0 saturated heterocycles. The van der Waals surface area contributed by atoms with Crippen molar-refractivity contribution in [3.05, 3.63) is 0 Å². The molecule has 0 aliphatic heterocycles. The molecule has 0 spiro atoms. The first-order valence-corrected chi connectivity index (χ1v) is 4.50. The minimum atomic E-state index is -0.108. The molecular formula is C9H16O3. The third kappa shape index (κ3) is 1.78. The second-order valence-electron chi connectivity index (χ2n) is 3.06. The summed E-state index contributed by atoms with van der Waals surface area (Å²) in [5, 5.41) is 0. The van der Waals surface area contributed by atoms with Gasteiger partial charge < -0.3 is 9.47 Å². The van der Waals surface area contributed by atoms with Crippen molar-refractivity contribution in [1.82, 2.24) is 0 Å². The molecule has 1 rings (SSSR count). The molecule has 1 aliphatic rings. The Labute approximate surface area is 73.0 Å². The highest BCUT2D eigenvalue weighted by Gasteiger charge is 2.53. The molecule has 0 N–H and O–H groups in total. The first-order valence-electron chi connectivity index (χ1n) is 4.50. The van der Waals surface area contributed by atoms with Crippen LogP contribution in [0.5, 0.6) is 0 Å². The SMILES string of the molecule is CCOC(=O)C1C(C)C1OCC. The fourth-order valence-electron chi connectivity index (χ4n) is 1.46. The van der Waals surface area contributed by atoms with E-state index in [0.29, 0.717) is 19.1 Å². The van der Waals surface area contributed by atoms with Gasteiger partial charge in [-0.2, -0.15) is 0 Å². The third-order valence-corrected chi connectivity index (χ3v) is 2.22. The van der Waals surface area contributed by atoms with Crippen LogP contribution in [0.3, 0.4) is 0 Å². The number of ether oxygens (including phenoxy) is 2. The van der Waals surface area contributed by atoms with Crippen molar-refractivity contribution in [1.29, 1.82) is 0 Å². The fraction of sp³-hybridized carbons (Fsp3) is 0.889. The molecule has 0 aromatic carbocycles. The topological polar surface area (TPSA) is 35.5 Å². The van der Waals surface area contributed by atoms with Gasteiger partial charge >= 0.3 is 5.97 Å². The van der Waals surface area contributed by atoms with Gasteiger partial charge in [0.25, 0.3) is 0 Å². The van der Waals surface area contributed by atoms with Crippen LogP contribution in [-0.2, 0) is 14.3 Å². The van der Waals surface area contributed by atoms with Crippen molar-refractivity contribution in [2.75, 3.05) is 13.2 Å². The van der Waals surface area contributed by atoms with E-state index in [1.807, 2.05) is 20.8 Å². The summed E-state index contributed by atoms with van der Waals surface area (Å²) < 4.78 is 10.2. The maximum Gasteiger partial charge on any atom is 0.311 e. The highest BCUT2D eigenvalue weighted by molar-refractivity contribution is 5.77. The standard InChI is InChI=1S/C9H16O3/c1-4-11-8-6(3)7(8)9(10)12-5-2/h6-8H,4-5H2,1-3H3. The average Bonchev–Trinajstić information content (AvgIpc) is 2.63. The first kappa shape index (κ1) is 9.52. The van der Waals surface area contributed by atoms with Gasteiger partial charge in [-0.3, -0.25) is 4.79 Å². The van der Waals surface area contributed by atoms with Gasteiger partial charge in [-0.15, -0.1) is 0 Å². The van der Waals surface area contributed by atoms with E-state index in [-0.39, 0.29) is 18.0 Å². The number of rotatable bonds is 4. The molecule has 12 heavy (non-hydrogen) atoms. The summed E-state index contributed by atoms with van der Waals surface area (Å²) in [4.78, 5) is 11.2. The van der Waals surface area contributed by atoms with Crippen LogP contribution in [0.15, 0.2) is 0 Å². The lowest BCUT2D eigenvalue weighted by molar-refractivity contribution is -0.145. The minimum Gasteiger partial charge on any atom is -0.466 e. The molecule has 3 nitrogen and oxygen atoms in total. The van der Waals surface area contributed by atoms with Crippen molar-refractivity contribution >= 4 is 5.97 Å². The molecule has 1 fully saturated rings. The largest absolute Gasteiger partial charge is 0.466 e. The van der Waals surface area contributed by atoms with Crippen LogP contribution >= 0.6 is 0 Å². The van der Waals surface area contributed by atoms with E-state index in [9.17, 15) is 4.79 Å². The van der Waals surface area contributed by atoms with Gasteiger partial charge in [0.2, 0.25) is 0 Å². The Bertz CT molecular complexity index is 167. The Balaban J connectivity index is 2.31. The molecule has 0 heterocycles. The lowest BCUT2D eigenvalue weighted by Gasteiger charge is -1.99. The molecule has 0 aromatic rings. The van der Waals surface area contributed by atoms with Crippen molar-refractivity contribution < 1.29 is 14.3 Å². The van der Waals surface area contributed by atoms with Crippen molar-refractivity contribution in [2.45, 2.75) is 26.9 Å². The highest BCUT2D eigenvalue weighted by Crippen LogP contribution is 2.42. The Kier molecular flexibility index (Phi) is 3.09. The summed E-state index contributed by atoms with van der Waals surface area (Å²) in [6.07, 6.45) is 0.106. The maximum absolute atomic E-state index is 11.2. The van der Waals surface area contributed by atoms with E-state index < -0.39 is 0 Å². The minimum absolute atomic E-state index is 0.00935.